The summed E-state index contributed by atoms with van der Waals surface area (Å²) in [5, 5.41) is 1.03. The Morgan fingerprint density at radius 2 is 2.16 bits per heavy atom. The first-order valence-corrected chi connectivity index (χ1v) is 7.64. The average molecular weight is 343 g/mol. The highest BCUT2D eigenvalue weighted by Crippen LogP contribution is 2.35. The summed E-state index contributed by atoms with van der Waals surface area (Å²) < 4.78 is 12.3. The summed E-state index contributed by atoms with van der Waals surface area (Å²) in [6, 6.07) is 5.84. The highest BCUT2D eigenvalue weighted by molar-refractivity contribution is 9.10. The highest BCUT2D eigenvalue weighted by atomic mass is 79.9. The predicted molar refractivity (Wildman–Crippen MR) is 81.3 cm³/mol. The Hall–Kier alpha value is -0.910. The summed E-state index contributed by atoms with van der Waals surface area (Å²) >= 11 is 4.99. The van der Waals surface area contributed by atoms with Crippen LogP contribution in [0.15, 0.2) is 22.7 Å². The fourth-order valence-corrected chi connectivity index (χ4v) is 3.42. The molecule has 3 nitrogen and oxygen atoms in total. The lowest BCUT2D eigenvalue weighted by Crippen LogP contribution is -1.99. The van der Waals surface area contributed by atoms with E-state index in [-0.39, 0.29) is 12.6 Å². The van der Waals surface area contributed by atoms with E-state index in [1.54, 1.807) is 7.11 Å². The molecule has 0 fully saturated rings. The summed E-state index contributed by atoms with van der Waals surface area (Å²) in [7, 11) is 1.58. The zero-order chi connectivity index (χ0) is 13.8. The van der Waals surface area contributed by atoms with Gasteiger partial charge < -0.3 is 9.47 Å². The van der Waals surface area contributed by atoms with E-state index in [1.807, 2.05) is 25.1 Å². The number of Topliss-reactive ketones (excluding diaryl/α,β-unsaturated/α-hetero) is 1. The minimum atomic E-state index is 0.204. The van der Waals surface area contributed by atoms with Gasteiger partial charge in [-0.3, -0.25) is 4.79 Å². The summed E-state index contributed by atoms with van der Waals surface area (Å²) in [6.07, 6.45) is 1.47. The third kappa shape index (κ3) is 3.35. The fourth-order valence-electron chi connectivity index (χ4n) is 1.76. The first-order valence-electron chi connectivity index (χ1n) is 6.03. The van der Waals surface area contributed by atoms with E-state index in [9.17, 15) is 4.79 Å². The van der Waals surface area contributed by atoms with Crippen LogP contribution in [-0.2, 0) is 4.74 Å². The second-order valence-corrected chi connectivity index (χ2v) is 6.09. The number of ether oxygens (including phenoxy) is 2. The number of hydrogen-bond acceptors (Lipinski definition) is 4. The number of methoxy groups -OCH3 is 1. The standard InChI is InChI=1S/C14H15BrO3S/c1-3-4-11(16)14-6-9-5-12(18-8-17-2)10(15)7-13(9)19-14/h5-7H,3-4,8H2,1-2H3. The first-order chi connectivity index (χ1) is 9.15. The van der Waals surface area contributed by atoms with Gasteiger partial charge >= 0.3 is 0 Å². The molecule has 0 aliphatic heterocycles. The molecular weight excluding hydrogens is 328 g/mol. The molecule has 1 aromatic carbocycles. The van der Waals surface area contributed by atoms with Gasteiger partial charge in [-0.15, -0.1) is 11.3 Å². The normalized spacial score (nSPS) is 10.9. The molecule has 19 heavy (non-hydrogen) atoms. The number of benzene rings is 1. The third-order valence-corrected chi connectivity index (χ3v) is 4.41. The van der Waals surface area contributed by atoms with Gasteiger partial charge in [-0.2, -0.15) is 0 Å². The van der Waals surface area contributed by atoms with Crippen LogP contribution in [0.1, 0.15) is 29.4 Å². The second-order valence-electron chi connectivity index (χ2n) is 4.16. The lowest BCUT2D eigenvalue weighted by Gasteiger charge is -2.06. The molecule has 102 valence electrons. The van der Waals surface area contributed by atoms with Crippen molar-refractivity contribution >= 4 is 43.1 Å². The summed E-state index contributed by atoms with van der Waals surface area (Å²) in [5.74, 6) is 0.931. The SMILES string of the molecule is CCCC(=O)c1cc2cc(OCOC)c(Br)cc2s1. The van der Waals surface area contributed by atoms with Crippen LogP contribution in [0.4, 0.5) is 0 Å². The Kier molecular flexibility index (Phi) is 4.96. The molecule has 2 rings (SSSR count). The first kappa shape index (κ1) is 14.5. The van der Waals surface area contributed by atoms with Gasteiger partial charge in [-0.05, 0) is 45.9 Å². The van der Waals surface area contributed by atoms with Crippen molar-refractivity contribution in [1.82, 2.24) is 0 Å². The maximum absolute atomic E-state index is 11.9. The third-order valence-electron chi connectivity index (χ3n) is 2.65. The van der Waals surface area contributed by atoms with E-state index in [0.29, 0.717) is 6.42 Å². The Morgan fingerprint density at radius 3 is 2.84 bits per heavy atom. The van der Waals surface area contributed by atoms with Gasteiger partial charge in [0.2, 0.25) is 0 Å². The van der Waals surface area contributed by atoms with Crippen molar-refractivity contribution in [3.8, 4) is 5.75 Å². The molecule has 0 aliphatic rings. The molecule has 0 bridgehead atoms. The predicted octanol–water partition coefficient (Wildman–Crippen LogP) is 4.63. The molecule has 1 aromatic heterocycles. The van der Waals surface area contributed by atoms with Crippen LogP contribution < -0.4 is 4.74 Å². The maximum atomic E-state index is 11.9. The fraction of sp³-hybridized carbons (Fsp3) is 0.357. The lowest BCUT2D eigenvalue weighted by atomic mass is 10.2. The Balaban J connectivity index is 2.34. The van der Waals surface area contributed by atoms with Gasteiger partial charge in [0.1, 0.15) is 5.75 Å². The molecule has 0 saturated carbocycles. The zero-order valence-electron chi connectivity index (χ0n) is 10.9. The van der Waals surface area contributed by atoms with Gasteiger partial charge in [0.05, 0.1) is 9.35 Å². The molecule has 1 heterocycles. The van der Waals surface area contributed by atoms with Crippen molar-refractivity contribution in [2.75, 3.05) is 13.9 Å². The molecule has 0 spiro atoms. The molecule has 0 aliphatic carbocycles. The number of fused-ring (bicyclic) bond motifs is 1. The molecule has 2 aromatic rings. The number of hydrogen-bond donors (Lipinski definition) is 0. The van der Waals surface area contributed by atoms with Crippen LogP contribution in [-0.4, -0.2) is 19.7 Å². The number of thiophene rings is 1. The Morgan fingerprint density at radius 1 is 1.37 bits per heavy atom. The van der Waals surface area contributed by atoms with Gasteiger partial charge in [-0.1, -0.05) is 6.92 Å². The summed E-state index contributed by atoms with van der Waals surface area (Å²) in [6.45, 7) is 2.22. The van der Waals surface area contributed by atoms with Gasteiger partial charge in [0.15, 0.2) is 12.6 Å². The van der Waals surface area contributed by atoms with Crippen LogP contribution in [0.3, 0.4) is 0 Å². The van der Waals surface area contributed by atoms with Crippen LogP contribution in [0.2, 0.25) is 0 Å². The Bertz CT molecular complexity index is 592. The lowest BCUT2D eigenvalue weighted by molar-refractivity contribution is 0.0507. The number of carbonyl (C=O) groups is 1. The van der Waals surface area contributed by atoms with E-state index in [1.165, 1.54) is 11.3 Å². The Labute approximate surface area is 124 Å². The molecule has 0 radical (unpaired) electrons. The van der Waals surface area contributed by atoms with Crippen molar-refractivity contribution in [3.63, 3.8) is 0 Å². The van der Waals surface area contributed by atoms with Gasteiger partial charge in [0.25, 0.3) is 0 Å². The molecule has 0 amide bonds. The van der Waals surface area contributed by atoms with E-state index in [4.69, 9.17) is 9.47 Å². The van der Waals surface area contributed by atoms with Crippen molar-refractivity contribution in [2.24, 2.45) is 0 Å². The smallest absolute Gasteiger partial charge is 0.188 e. The summed E-state index contributed by atoms with van der Waals surface area (Å²) in [4.78, 5) is 12.7. The quantitative estimate of drug-likeness (QED) is 0.567. The molecule has 0 N–H and O–H groups in total. The average Bonchev–Trinajstić information content (AvgIpc) is 2.79. The van der Waals surface area contributed by atoms with E-state index < -0.39 is 0 Å². The molecule has 0 unspecified atom stereocenters. The topological polar surface area (TPSA) is 35.5 Å². The molecule has 0 saturated heterocycles. The monoisotopic (exact) mass is 342 g/mol. The van der Waals surface area contributed by atoms with Crippen LogP contribution in [0, 0.1) is 0 Å². The van der Waals surface area contributed by atoms with Crippen LogP contribution in [0.25, 0.3) is 10.1 Å². The van der Waals surface area contributed by atoms with Gasteiger partial charge in [-0.25, -0.2) is 0 Å². The number of halogens is 1. The summed E-state index contributed by atoms with van der Waals surface area (Å²) in [5.41, 5.74) is 0. The second kappa shape index (κ2) is 6.50. The van der Waals surface area contributed by atoms with Gasteiger partial charge in [0, 0.05) is 18.2 Å². The van der Waals surface area contributed by atoms with E-state index in [2.05, 4.69) is 15.9 Å². The minimum absolute atomic E-state index is 0.204. The number of rotatable bonds is 6. The highest BCUT2D eigenvalue weighted by Gasteiger charge is 2.12. The largest absolute Gasteiger partial charge is 0.466 e. The maximum Gasteiger partial charge on any atom is 0.188 e. The zero-order valence-corrected chi connectivity index (χ0v) is 13.3. The number of carbonyl (C=O) groups excluding carboxylic acids is 1. The molecule has 5 heteroatoms. The van der Waals surface area contributed by atoms with Crippen LogP contribution in [0.5, 0.6) is 5.75 Å². The van der Waals surface area contributed by atoms with E-state index in [0.717, 1.165) is 31.6 Å². The van der Waals surface area contributed by atoms with Crippen LogP contribution >= 0.6 is 27.3 Å². The van der Waals surface area contributed by atoms with Crippen molar-refractivity contribution in [2.45, 2.75) is 19.8 Å². The minimum Gasteiger partial charge on any atom is -0.466 e. The van der Waals surface area contributed by atoms with Crippen molar-refractivity contribution in [1.29, 1.82) is 0 Å². The van der Waals surface area contributed by atoms with Crippen molar-refractivity contribution < 1.29 is 14.3 Å². The van der Waals surface area contributed by atoms with Crippen molar-refractivity contribution in [3.05, 3.63) is 27.5 Å². The molecule has 0 atom stereocenters. The molecular formula is C14H15BrO3S. The van der Waals surface area contributed by atoms with E-state index >= 15 is 0 Å². The number of ketones is 1.